The van der Waals surface area contributed by atoms with Crippen molar-refractivity contribution in [1.82, 2.24) is 10.2 Å². The third-order valence-corrected chi connectivity index (χ3v) is 4.30. The molecule has 0 aromatic heterocycles. The number of likely N-dealkylation sites (tertiary alicyclic amines) is 1. The lowest BCUT2D eigenvalue weighted by molar-refractivity contribution is 0.0980. The van der Waals surface area contributed by atoms with Crippen molar-refractivity contribution in [2.45, 2.75) is 64.0 Å². The van der Waals surface area contributed by atoms with Crippen LogP contribution in [0.5, 0.6) is 0 Å². The fraction of sp³-hybridized carbons (Fsp3) is 1.00. The third kappa shape index (κ3) is 4.52. The quantitative estimate of drug-likeness (QED) is 0.673. The first kappa shape index (κ1) is 14.3. The normalized spacial score (nSPS) is 29.2. The second-order valence-corrected chi connectivity index (χ2v) is 5.81. The van der Waals surface area contributed by atoms with Crippen molar-refractivity contribution in [3.05, 3.63) is 0 Å². The molecule has 0 amide bonds. The summed E-state index contributed by atoms with van der Waals surface area (Å²) in [5.74, 6) is 0. The number of hydrogen-bond acceptors (Lipinski definition) is 3. The Morgan fingerprint density at radius 1 is 1.28 bits per heavy atom. The highest BCUT2D eigenvalue weighted by Crippen LogP contribution is 2.20. The maximum Gasteiger partial charge on any atom is 0.0576 e. The third-order valence-electron chi connectivity index (χ3n) is 4.30. The Morgan fingerprint density at radius 2 is 2.22 bits per heavy atom. The van der Waals surface area contributed by atoms with Gasteiger partial charge in [0.25, 0.3) is 0 Å². The van der Waals surface area contributed by atoms with Gasteiger partial charge in [0.05, 0.1) is 6.10 Å². The van der Waals surface area contributed by atoms with E-state index in [1.807, 2.05) is 0 Å². The van der Waals surface area contributed by atoms with E-state index in [2.05, 4.69) is 17.1 Å². The molecular formula is C15H30N2O. The van der Waals surface area contributed by atoms with Crippen molar-refractivity contribution >= 4 is 0 Å². The molecule has 0 radical (unpaired) electrons. The zero-order valence-electron chi connectivity index (χ0n) is 12.0. The molecule has 18 heavy (non-hydrogen) atoms. The molecule has 2 saturated heterocycles. The lowest BCUT2D eigenvalue weighted by Crippen LogP contribution is -2.38. The van der Waals surface area contributed by atoms with Crippen LogP contribution >= 0.6 is 0 Å². The molecule has 0 aromatic rings. The Bertz CT molecular complexity index is 217. The minimum Gasteiger partial charge on any atom is -0.378 e. The van der Waals surface area contributed by atoms with Crippen LogP contribution in [0.15, 0.2) is 0 Å². The standard InChI is InChI=1S/C15H30N2O/c1-2-9-16-13-14-6-3-10-17(14)11-4-7-15-8-5-12-18-15/h14-16H,2-13H2,1H3. The molecule has 1 N–H and O–H groups in total. The molecule has 0 aliphatic carbocycles. The maximum absolute atomic E-state index is 5.69. The monoisotopic (exact) mass is 254 g/mol. The summed E-state index contributed by atoms with van der Waals surface area (Å²) in [7, 11) is 0. The largest absolute Gasteiger partial charge is 0.378 e. The highest BCUT2D eigenvalue weighted by molar-refractivity contribution is 4.81. The molecule has 2 unspecified atom stereocenters. The van der Waals surface area contributed by atoms with Gasteiger partial charge in [-0.05, 0) is 64.6 Å². The topological polar surface area (TPSA) is 24.5 Å². The van der Waals surface area contributed by atoms with E-state index in [1.54, 1.807) is 0 Å². The summed E-state index contributed by atoms with van der Waals surface area (Å²) in [5, 5.41) is 3.57. The van der Waals surface area contributed by atoms with Crippen LogP contribution in [0.2, 0.25) is 0 Å². The molecule has 2 atom stereocenters. The van der Waals surface area contributed by atoms with Gasteiger partial charge < -0.3 is 10.1 Å². The molecular weight excluding hydrogens is 224 g/mol. The SMILES string of the molecule is CCCNCC1CCCN1CCCC1CCCO1. The van der Waals surface area contributed by atoms with Crippen LogP contribution in [0.3, 0.4) is 0 Å². The van der Waals surface area contributed by atoms with E-state index in [4.69, 9.17) is 4.74 Å². The zero-order valence-corrected chi connectivity index (χ0v) is 12.0. The van der Waals surface area contributed by atoms with Crippen LogP contribution in [0.1, 0.15) is 51.9 Å². The number of nitrogens with zero attached hydrogens (tertiary/aromatic N) is 1. The number of nitrogens with one attached hydrogen (secondary N) is 1. The zero-order chi connectivity index (χ0) is 12.6. The predicted molar refractivity (Wildman–Crippen MR) is 76.0 cm³/mol. The smallest absolute Gasteiger partial charge is 0.0576 e. The lowest BCUT2D eigenvalue weighted by atomic mass is 10.1. The summed E-state index contributed by atoms with van der Waals surface area (Å²) in [6.07, 6.45) is 9.74. The van der Waals surface area contributed by atoms with E-state index in [1.165, 1.54) is 71.1 Å². The van der Waals surface area contributed by atoms with Gasteiger partial charge in [0.1, 0.15) is 0 Å². The molecule has 2 fully saturated rings. The molecule has 3 heteroatoms. The van der Waals surface area contributed by atoms with Gasteiger partial charge in [0, 0.05) is 19.2 Å². The Kier molecular flexibility index (Phi) is 6.46. The van der Waals surface area contributed by atoms with Gasteiger partial charge in [-0.1, -0.05) is 6.92 Å². The summed E-state index contributed by atoms with van der Waals surface area (Å²) in [6, 6.07) is 0.793. The average molecular weight is 254 g/mol. The molecule has 2 heterocycles. The van der Waals surface area contributed by atoms with Crippen molar-refractivity contribution in [2.24, 2.45) is 0 Å². The first-order valence-corrected chi connectivity index (χ1v) is 7.96. The molecule has 0 aromatic carbocycles. The second-order valence-electron chi connectivity index (χ2n) is 5.81. The summed E-state index contributed by atoms with van der Waals surface area (Å²) >= 11 is 0. The van der Waals surface area contributed by atoms with Crippen molar-refractivity contribution in [3.63, 3.8) is 0 Å². The van der Waals surface area contributed by atoms with E-state index in [0.29, 0.717) is 6.10 Å². The average Bonchev–Trinajstić information content (AvgIpc) is 3.02. The van der Waals surface area contributed by atoms with Crippen LogP contribution in [0.25, 0.3) is 0 Å². The minimum absolute atomic E-state index is 0.573. The summed E-state index contributed by atoms with van der Waals surface area (Å²) < 4.78 is 5.69. The first-order chi connectivity index (χ1) is 8.90. The van der Waals surface area contributed by atoms with Crippen molar-refractivity contribution in [1.29, 1.82) is 0 Å². The van der Waals surface area contributed by atoms with Gasteiger partial charge in [-0.15, -0.1) is 0 Å². The van der Waals surface area contributed by atoms with Gasteiger partial charge in [-0.2, -0.15) is 0 Å². The van der Waals surface area contributed by atoms with Gasteiger partial charge in [0.2, 0.25) is 0 Å². The minimum atomic E-state index is 0.573. The summed E-state index contributed by atoms with van der Waals surface area (Å²) in [5.41, 5.74) is 0. The molecule has 0 spiro atoms. The van der Waals surface area contributed by atoms with Crippen molar-refractivity contribution in [3.8, 4) is 0 Å². The van der Waals surface area contributed by atoms with Gasteiger partial charge >= 0.3 is 0 Å². The van der Waals surface area contributed by atoms with Crippen LogP contribution in [-0.2, 0) is 4.74 Å². The molecule has 106 valence electrons. The van der Waals surface area contributed by atoms with Crippen molar-refractivity contribution in [2.75, 3.05) is 32.8 Å². The van der Waals surface area contributed by atoms with Gasteiger partial charge in [0.15, 0.2) is 0 Å². The van der Waals surface area contributed by atoms with Crippen LogP contribution in [-0.4, -0.2) is 49.8 Å². The summed E-state index contributed by atoms with van der Waals surface area (Å²) in [4.78, 5) is 2.69. The molecule has 2 rings (SSSR count). The van der Waals surface area contributed by atoms with Crippen LogP contribution < -0.4 is 5.32 Å². The molecule has 2 aliphatic rings. The first-order valence-electron chi connectivity index (χ1n) is 7.96. The molecule has 3 nitrogen and oxygen atoms in total. The molecule has 2 aliphatic heterocycles. The molecule has 0 bridgehead atoms. The number of hydrogen-bond donors (Lipinski definition) is 1. The Hall–Kier alpha value is -0.120. The Labute approximate surface area is 112 Å². The maximum atomic E-state index is 5.69. The van der Waals surface area contributed by atoms with E-state index in [-0.39, 0.29) is 0 Å². The summed E-state index contributed by atoms with van der Waals surface area (Å²) in [6.45, 7) is 8.18. The van der Waals surface area contributed by atoms with E-state index in [9.17, 15) is 0 Å². The van der Waals surface area contributed by atoms with E-state index < -0.39 is 0 Å². The van der Waals surface area contributed by atoms with Gasteiger partial charge in [-0.3, -0.25) is 4.90 Å². The predicted octanol–water partition coefficient (Wildman–Crippen LogP) is 2.41. The molecule has 0 saturated carbocycles. The second kappa shape index (κ2) is 8.13. The fourth-order valence-corrected chi connectivity index (χ4v) is 3.26. The van der Waals surface area contributed by atoms with E-state index >= 15 is 0 Å². The highest BCUT2D eigenvalue weighted by atomic mass is 16.5. The Balaban J connectivity index is 1.58. The van der Waals surface area contributed by atoms with E-state index in [0.717, 1.165) is 12.6 Å². The number of ether oxygens (including phenoxy) is 1. The lowest BCUT2D eigenvalue weighted by Gasteiger charge is -2.25. The Morgan fingerprint density at radius 3 is 3.00 bits per heavy atom. The van der Waals surface area contributed by atoms with Gasteiger partial charge in [-0.25, -0.2) is 0 Å². The fourth-order valence-electron chi connectivity index (χ4n) is 3.26. The highest BCUT2D eigenvalue weighted by Gasteiger charge is 2.24. The van der Waals surface area contributed by atoms with Crippen LogP contribution in [0, 0.1) is 0 Å². The van der Waals surface area contributed by atoms with Crippen molar-refractivity contribution < 1.29 is 4.74 Å². The number of rotatable bonds is 8. The van der Waals surface area contributed by atoms with Crippen LogP contribution in [0.4, 0.5) is 0 Å².